The summed E-state index contributed by atoms with van der Waals surface area (Å²) in [5, 5.41) is 7.06. The van der Waals surface area contributed by atoms with Crippen LogP contribution in [0, 0.1) is 11.8 Å². The third-order valence-corrected chi connectivity index (χ3v) is 8.03. The standard InChI is InChI=1S/C24H29N5O5S/c1-16(2)21(24-27-22(28-34-24)18-5-4-12-25-15-18)26-23(30)17-10-13-29(14-11-17)35(31,32)20-8-6-19(33-3)7-9-20/h4-9,12,15-17,21H,10-11,13-14H2,1-3H3,(H,26,30). The largest absolute Gasteiger partial charge is 0.497 e. The number of carbonyl (C=O) groups is 1. The number of sulfonamides is 1. The molecule has 4 rings (SSSR count). The van der Waals surface area contributed by atoms with Crippen LogP contribution in [0.4, 0.5) is 0 Å². The topological polar surface area (TPSA) is 128 Å². The van der Waals surface area contributed by atoms with E-state index >= 15 is 0 Å². The Labute approximate surface area is 204 Å². The fourth-order valence-electron chi connectivity index (χ4n) is 4.01. The highest BCUT2D eigenvalue weighted by atomic mass is 32.2. The first-order valence-electron chi connectivity index (χ1n) is 11.5. The van der Waals surface area contributed by atoms with Crippen molar-refractivity contribution in [2.75, 3.05) is 20.2 Å². The molecule has 0 saturated carbocycles. The number of benzene rings is 1. The third-order valence-electron chi connectivity index (χ3n) is 6.11. The zero-order valence-electron chi connectivity index (χ0n) is 19.9. The molecule has 0 radical (unpaired) electrons. The van der Waals surface area contributed by atoms with Gasteiger partial charge in [0, 0.05) is 37.0 Å². The summed E-state index contributed by atoms with van der Waals surface area (Å²) in [5.41, 5.74) is 0.724. The number of amides is 1. The molecular formula is C24H29N5O5S. The highest BCUT2D eigenvalue weighted by Crippen LogP contribution is 2.28. The Kier molecular flexibility index (Phi) is 7.46. The maximum absolute atomic E-state index is 13.1. The predicted molar refractivity (Wildman–Crippen MR) is 128 cm³/mol. The average Bonchev–Trinajstić information content (AvgIpc) is 3.37. The van der Waals surface area contributed by atoms with Crippen LogP contribution in [-0.4, -0.2) is 54.0 Å². The minimum Gasteiger partial charge on any atom is -0.497 e. The number of methoxy groups -OCH3 is 1. The van der Waals surface area contributed by atoms with Gasteiger partial charge in [0.05, 0.1) is 12.0 Å². The van der Waals surface area contributed by atoms with E-state index in [2.05, 4.69) is 20.4 Å². The lowest BCUT2D eigenvalue weighted by Crippen LogP contribution is -2.44. The molecule has 3 aromatic rings. The Morgan fingerprint density at radius 1 is 1.17 bits per heavy atom. The minimum absolute atomic E-state index is 0.0108. The number of aromatic nitrogens is 3. The summed E-state index contributed by atoms with van der Waals surface area (Å²) >= 11 is 0. The van der Waals surface area contributed by atoms with Gasteiger partial charge in [-0.2, -0.15) is 9.29 Å². The Morgan fingerprint density at radius 3 is 2.49 bits per heavy atom. The van der Waals surface area contributed by atoms with Gasteiger partial charge in [-0.15, -0.1) is 0 Å². The Bertz CT molecular complexity index is 1240. The van der Waals surface area contributed by atoms with Crippen LogP contribution in [0.15, 0.2) is 58.2 Å². The second-order valence-electron chi connectivity index (χ2n) is 8.78. The number of carbonyl (C=O) groups excluding carboxylic acids is 1. The molecule has 1 amide bonds. The Balaban J connectivity index is 1.39. The third kappa shape index (κ3) is 5.51. The monoisotopic (exact) mass is 499 g/mol. The molecule has 3 heterocycles. The number of hydrogen-bond donors (Lipinski definition) is 1. The molecule has 1 N–H and O–H groups in total. The summed E-state index contributed by atoms with van der Waals surface area (Å²) < 4.78 is 38.0. The maximum atomic E-state index is 13.1. The van der Waals surface area contributed by atoms with Crippen molar-refractivity contribution in [2.45, 2.75) is 37.6 Å². The van der Waals surface area contributed by atoms with Crippen LogP contribution < -0.4 is 10.1 Å². The fraction of sp³-hybridized carbons (Fsp3) is 0.417. The lowest BCUT2D eigenvalue weighted by atomic mass is 9.95. The van der Waals surface area contributed by atoms with E-state index in [1.165, 1.54) is 23.5 Å². The SMILES string of the molecule is COc1ccc(S(=O)(=O)N2CCC(C(=O)NC(c3nc(-c4cccnc4)no3)C(C)C)CC2)cc1. The van der Waals surface area contributed by atoms with Crippen molar-refractivity contribution < 1.29 is 22.5 Å². The number of rotatable bonds is 8. The molecular weight excluding hydrogens is 470 g/mol. The molecule has 2 aromatic heterocycles. The van der Waals surface area contributed by atoms with E-state index in [-0.39, 0.29) is 35.7 Å². The van der Waals surface area contributed by atoms with E-state index in [0.717, 1.165) is 5.56 Å². The second kappa shape index (κ2) is 10.5. The Hall–Kier alpha value is -3.31. The summed E-state index contributed by atoms with van der Waals surface area (Å²) in [4.78, 5) is 21.8. The number of ether oxygens (including phenoxy) is 1. The van der Waals surface area contributed by atoms with Crippen molar-refractivity contribution in [3.05, 3.63) is 54.7 Å². The molecule has 11 heteroatoms. The smallest absolute Gasteiger partial charge is 0.249 e. The van der Waals surface area contributed by atoms with Crippen LogP contribution in [0.25, 0.3) is 11.4 Å². The van der Waals surface area contributed by atoms with E-state index in [4.69, 9.17) is 9.26 Å². The van der Waals surface area contributed by atoms with Gasteiger partial charge in [0.25, 0.3) is 0 Å². The van der Waals surface area contributed by atoms with Gasteiger partial charge >= 0.3 is 0 Å². The van der Waals surface area contributed by atoms with Crippen LogP contribution in [0.1, 0.15) is 38.6 Å². The summed E-state index contributed by atoms with van der Waals surface area (Å²) in [6.45, 7) is 4.46. The number of hydrogen-bond acceptors (Lipinski definition) is 8. The molecule has 0 aliphatic carbocycles. The molecule has 186 valence electrons. The highest BCUT2D eigenvalue weighted by molar-refractivity contribution is 7.89. The fourth-order valence-corrected chi connectivity index (χ4v) is 5.48. The van der Waals surface area contributed by atoms with Gasteiger partial charge in [0.2, 0.25) is 27.6 Å². The van der Waals surface area contributed by atoms with Crippen molar-refractivity contribution in [2.24, 2.45) is 11.8 Å². The average molecular weight is 500 g/mol. The van der Waals surface area contributed by atoms with E-state index < -0.39 is 16.1 Å². The van der Waals surface area contributed by atoms with Gasteiger partial charge in [-0.3, -0.25) is 9.78 Å². The molecule has 1 unspecified atom stereocenters. The molecule has 1 aliphatic rings. The molecule has 1 aliphatic heterocycles. The summed E-state index contributed by atoms with van der Waals surface area (Å²) in [5.74, 6) is 0.881. The molecule has 1 saturated heterocycles. The van der Waals surface area contributed by atoms with Crippen LogP contribution in [0.5, 0.6) is 5.75 Å². The second-order valence-corrected chi connectivity index (χ2v) is 10.7. The molecule has 1 atom stereocenters. The maximum Gasteiger partial charge on any atom is 0.249 e. The van der Waals surface area contributed by atoms with Gasteiger partial charge in [-0.25, -0.2) is 8.42 Å². The normalized spacial score (nSPS) is 16.2. The number of nitrogens with one attached hydrogen (secondary N) is 1. The van der Waals surface area contributed by atoms with Gasteiger partial charge in [-0.05, 0) is 55.2 Å². The first-order chi connectivity index (χ1) is 16.8. The van der Waals surface area contributed by atoms with E-state index in [9.17, 15) is 13.2 Å². The predicted octanol–water partition coefficient (Wildman–Crippen LogP) is 3.05. The first-order valence-corrected chi connectivity index (χ1v) is 12.9. The quantitative estimate of drug-likeness (QED) is 0.501. The Morgan fingerprint density at radius 2 is 1.89 bits per heavy atom. The van der Waals surface area contributed by atoms with Crippen LogP contribution in [0.2, 0.25) is 0 Å². The molecule has 1 fully saturated rings. The van der Waals surface area contributed by atoms with Gasteiger partial charge in [0.1, 0.15) is 11.8 Å². The van der Waals surface area contributed by atoms with Crippen molar-refractivity contribution in [1.82, 2.24) is 24.7 Å². The summed E-state index contributed by atoms with van der Waals surface area (Å²) in [6.07, 6.45) is 4.16. The van der Waals surface area contributed by atoms with E-state index in [0.29, 0.717) is 30.3 Å². The van der Waals surface area contributed by atoms with Crippen LogP contribution >= 0.6 is 0 Å². The molecule has 35 heavy (non-hydrogen) atoms. The van der Waals surface area contributed by atoms with Crippen molar-refractivity contribution >= 4 is 15.9 Å². The molecule has 0 spiro atoms. The first kappa shape index (κ1) is 24.8. The van der Waals surface area contributed by atoms with Crippen molar-refractivity contribution in [3.8, 4) is 17.1 Å². The minimum atomic E-state index is -3.63. The summed E-state index contributed by atoms with van der Waals surface area (Å²) in [6, 6.07) is 9.47. The van der Waals surface area contributed by atoms with Gasteiger partial charge < -0.3 is 14.6 Å². The highest BCUT2D eigenvalue weighted by Gasteiger charge is 2.34. The molecule has 10 nitrogen and oxygen atoms in total. The zero-order chi connectivity index (χ0) is 25.0. The lowest BCUT2D eigenvalue weighted by Gasteiger charge is -2.31. The number of pyridine rings is 1. The zero-order valence-corrected chi connectivity index (χ0v) is 20.7. The molecule has 1 aromatic carbocycles. The summed E-state index contributed by atoms with van der Waals surface area (Å²) in [7, 11) is -2.10. The van der Waals surface area contributed by atoms with Crippen LogP contribution in [0.3, 0.4) is 0 Å². The molecule has 0 bridgehead atoms. The van der Waals surface area contributed by atoms with Crippen molar-refractivity contribution in [1.29, 1.82) is 0 Å². The van der Waals surface area contributed by atoms with E-state index in [1.54, 1.807) is 30.6 Å². The number of piperidine rings is 1. The van der Waals surface area contributed by atoms with Gasteiger partial charge in [0.15, 0.2) is 0 Å². The van der Waals surface area contributed by atoms with Crippen LogP contribution in [-0.2, 0) is 14.8 Å². The van der Waals surface area contributed by atoms with Gasteiger partial charge in [-0.1, -0.05) is 19.0 Å². The lowest BCUT2D eigenvalue weighted by molar-refractivity contribution is -0.127. The number of nitrogens with zero attached hydrogens (tertiary/aromatic N) is 4. The van der Waals surface area contributed by atoms with E-state index in [1.807, 2.05) is 19.9 Å². The van der Waals surface area contributed by atoms with Crippen molar-refractivity contribution in [3.63, 3.8) is 0 Å².